The molecular formula is C13H20N4O. The highest BCUT2D eigenvalue weighted by atomic mass is 16.5. The zero-order chi connectivity index (χ0) is 13.0. The number of pyridine rings is 1. The topological polar surface area (TPSA) is 41.8 Å². The molecule has 0 aliphatic carbocycles. The maximum Gasteiger partial charge on any atom is 0.152 e. The Morgan fingerprint density at radius 1 is 1.44 bits per heavy atom. The van der Waals surface area contributed by atoms with E-state index in [0.717, 1.165) is 24.6 Å². The molecule has 0 unspecified atom stereocenters. The molecular weight excluding hydrogens is 228 g/mol. The van der Waals surface area contributed by atoms with E-state index in [0.29, 0.717) is 6.61 Å². The van der Waals surface area contributed by atoms with Crippen molar-refractivity contribution in [1.29, 1.82) is 0 Å². The molecule has 98 valence electrons. The summed E-state index contributed by atoms with van der Waals surface area (Å²) in [5, 5.41) is 3.19. The number of methoxy groups -OCH3 is 1. The molecule has 0 spiro atoms. The van der Waals surface area contributed by atoms with E-state index >= 15 is 0 Å². The summed E-state index contributed by atoms with van der Waals surface area (Å²) in [6.45, 7) is 2.32. The van der Waals surface area contributed by atoms with Crippen LogP contribution in [0.25, 0.3) is 5.65 Å². The van der Waals surface area contributed by atoms with Crippen LogP contribution in [0.2, 0.25) is 0 Å². The molecule has 2 rings (SSSR count). The maximum absolute atomic E-state index is 5.12. The second-order valence-electron chi connectivity index (χ2n) is 4.26. The minimum absolute atomic E-state index is 0.698. The van der Waals surface area contributed by atoms with E-state index in [9.17, 15) is 0 Å². The summed E-state index contributed by atoms with van der Waals surface area (Å²) in [4.78, 5) is 6.81. The van der Waals surface area contributed by atoms with Gasteiger partial charge in [-0.3, -0.25) is 0 Å². The number of hydrogen-bond acceptors (Lipinski definition) is 4. The van der Waals surface area contributed by atoms with Crippen molar-refractivity contribution in [2.75, 3.05) is 39.3 Å². The molecule has 0 bridgehead atoms. The number of aromatic nitrogens is 2. The quantitative estimate of drug-likeness (QED) is 0.832. The zero-order valence-electron chi connectivity index (χ0n) is 11.2. The van der Waals surface area contributed by atoms with Crippen molar-refractivity contribution in [2.45, 2.75) is 6.54 Å². The van der Waals surface area contributed by atoms with Crippen LogP contribution in [-0.2, 0) is 11.3 Å². The molecule has 1 N–H and O–H groups in total. The number of nitrogens with zero attached hydrogens (tertiary/aromatic N) is 3. The predicted molar refractivity (Wildman–Crippen MR) is 73.1 cm³/mol. The average molecular weight is 248 g/mol. The molecule has 2 aromatic heterocycles. The molecule has 0 amide bonds. The number of ether oxygens (including phenoxy) is 1. The lowest BCUT2D eigenvalue weighted by Gasteiger charge is -2.17. The zero-order valence-corrected chi connectivity index (χ0v) is 11.2. The van der Waals surface area contributed by atoms with Gasteiger partial charge in [0, 0.05) is 33.4 Å². The first kappa shape index (κ1) is 12.9. The van der Waals surface area contributed by atoms with Crippen LogP contribution < -0.4 is 10.2 Å². The number of nitrogens with one attached hydrogen (secondary N) is 1. The Balaban J connectivity index is 2.38. The monoisotopic (exact) mass is 248 g/mol. The van der Waals surface area contributed by atoms with Crippen LogP contribution in [0.1, 0.15) is 5.69 Å². The fourth-order valence-corrected chi connectivity index (χ4v) is 2.01. The molecule has 0 radical (unpaired) electrons. The van der Waals surface area contributed by atoms with Crippen molar-refractivity contribution < 1.29 is 4.74 Å². The van der Waals surface area contributed by atoms with Gasteiger partial charge in [-0.25, -0.2) is 4.98 Å². The van der Waals surface area contributed by atoms with Gasteiger partial charge in [-0.2, -0.15) is 0 Å². The van der Waals surface area contributed by atoms with Gasteiger partial charge in [0.25, 0.3) is 0 Å². The number of likely N-dealkylation sites (N-methyl/N-ethyl adjacent to an activating group) is 1. The maximum atomic E-state index is 5.12. The van der Waals surface area contributed by atoms with Crippen LogP contribution in [0.4, 0.5) is 5.82 Å². The van der Waals surface area contributed by atoms with Gasteiger partial charge in [0.15, 0.2) is 5.82 Å². The molecule has 0 aliphatic rings. The number of fused-ring (bicyclic) bond motifs is 1. The van der Waals surface area contributed by atoms with Gasteiger partial charge < -0.3 is 19.4 Å². The molecule has 2 aromatic rings. The van der Waals surface area contributed by atoms with Crippen molar-refractivity contribution in [1.82, 2.24) is 14.7 Å². The molecule has 5 heteroatoms. The van der Waals surface area contributed by atoms with Crippen molar-refractivity contribution in [3.63, 3.8) is 0 Å². The Labute approximate surface area is 107 Å². The van der Waals surface area contributed by atoms with Crippen LogP contribution in [0.3, 0.4) is 0 Å². The average Bonchev–Trinajstić information content (AvgIpc) is 2.76. The van der Waals surface area contributed by atoms with Crippen LogP contribution in [0.5, 0.6) is 0 Å². The van der Waals surface area contributed by atoms with Crippen molar-refractivity contribution in [3.05, 3.63) is 30.1 Å². The van der Waals surface area contributed by atoms with E-state index in [-0.39, 0.29) is 0 Å². The second-order valence-corrected chi connectivity index (χ2v) is 4.26. The Kier molecular flexibility index (Phi) is 4.17. The lowest BCUT2D eigenvalue weighted by atomic mass is 10.3. The lowest BCUT2D eigenvalue weighted by molar-refractivity contribution is 0.206. The third kappa shape index (κ3) is 2.47. The first-order valence-corrected chi connectivity index (χ1v) is 6.08. The summed E-state index contributed by atoms with van der Waals surface area (Å²) >= 11 is 0. The normalized spacial score (nSPS) is 11.1. The van der Waals surface area contributed by atoms with E-state index in [1.54, 1.807) is 7.11 Å². The molecule has 0 aliphatic heterocycles. The molecule has 18 heavy (non-hydrogen) atoms. The summed E-state index contributed by atoms with van der Waals surface area (Å²) in [5.74, 6) is 1.01. The second kappa shape index (κ2) is 5.84. The number of anilines is 1. The van der Waals surface area contributed by atoms with Crippen LogP contribution >= 0.6 is 0 Å². The molecule has 0 fully saturated rings. The fraction of sp³-hybridized carbons (Fsp3) is 0.462. The summed E-state index contributed by atoms with van der Waals surface area (Å²) < 4.78 is 7.24. The van der Waals surface area contributed by atoms with E-state index in [4.69, 9.17) is 4.74 Å². The van der Waals surface area contributed by atoms with Gasteiger partial charge in [0.1, 0.15) is 5.65 Å². The Hall–Kier alpha value is -1.59. The first-order valence-electron chi connectivity index (χ1n) is 6.08. The highest BCUT2D eigenvalue weighted by Crippen LogP contribution is 2.20. The third-order valence-corrected chi connectivity index (χ3v) is 2.94. The molecule has 0 atom stereocenters. The van der Waals surface area contributed by atoms with E-state index in [1.807, 2.05) is 38.5 Å². The van der Waals surface area contributed by atoms with Gasteiger partial charge in [-0.05, 0) is 19.2 Å². The lowest BCUT2D eigenvalue weighted by Crippen LogP contribution is -2.24. The predicted octanol–water partition coefficient (Wildman–Crippen LogP) is 1.14. The molecule has 2 heterocycles. The molecule has 0 saturated heterocycles. The van der Waals surface area contributed by atoms with Gasteiger partial charge >= 0.3 is 0 Å². The highest BCUT2D eigenvalue weighted by Gasteiger charge is 2.14. The smallest absolute Gasteiger partial charge is 0.152 e. The number of hydrogen-bond donors (Lipinski definition) is 1. The molecule has 0 aromatic carbocycles. The largest absolute Gasteiger partial charge is 0.383 e. The van der Waals surface area contributed by atoms with Crippen LogP contribution in [0.15, 0.2) is 24.4 Å². The van der Waals surface area contributed by atoms with Gasteiger partial charge in [-0.1, -0.05) is 6.07 Å². The van der Waals surface area contributed by atoms with Crippen molar-refractivity contribution in [3.8, 4) is 0 Å². The standard InChI is InChI=1S/C13H20N4O/c1-14-10-11-13(16(2)8-9-18-3)15-12-6-4-5-7-17(11)12/h4-7,14H,8-10H2,1-3H3. The van der Waals surface area contributed by atoms with Crippen molar-refractivity contribution >= 4 is 11.5 Å². The van der Waals surface area contributed by atoms with Crippen molar-refractivity contribution in [2.24, 2.45) is 0 Å². The number of rotatable bonds is 6. The summed E-state index contributed by atoms with van der Waals surface area (Å²) in [7, 11) is 5.70. The Morgan fingerprint density at radius 2 is 2.28 bits per heavy atom. The Bertz CT molecular complexity index is 509. The SMILES string of the molecule is CNCc1c(N(C)CCOC)nc2ccccn12. The van der Waals surface area contributed by atoms with E-state index in [2.05, 4.69) is 19.6 Å². The van der Waals surface area contributed by atoms with Crippen LogP contribution in [0, 0.1) is 0 Å². The molecule has 0 saturated carbocycles. The fourth-order valence-electron chi connectivity index (χ4n) is 2.01. The minimum atomic E-state index is 0.698. The van der Waals surface area contributed by atoms with Gasteiger partial charge in [0.2, 0.25) is 0 Å². The Morgan fingerprint density at radius 3 is 3.00 bits per heavy atom. The summed E-state index contributed by atoms with van der Waals surface area (Å²) in [6.07, 6.45) is 2.04. The first-order chi connectivity index (χ1) is 8.77. The summed E-state index contributed by atoms with van der Waals surface area (Å²) in [6, 6.07) is 6.05. The van der Waals surface area contributed by atoms with Gasteiger partial charge in [-0.15, -0.1) is 0 Å². The minimum Gasteiger partial charge on any atom is -0.383 e. The van der Waals surface area contributed by atoms with Crippen LogP contribution in [-0.4, -0.2) is 43.7 Å². The summed E-state index contributed by atoms with van der Waals surface area (Å²) in [5.41, 5.74) is 2.15. The highest BCUT2D eigenvalue weighted by molar-refractivity contribution is 5.55. The van der Waals surface area contributed by atoms with E-state index in [1.165, 1.54) is 5.69 Å². The van der Waals surface area contributed by atoms with Gasteiger partial charge in [0.05, 0.1) is 12.3 Å². The third-order valence-electron chi connectivity index (χ3n) is 2.94. The number of imidazole rings is 1. The van der Waals surface area contributed by atoms with E-state index < -0.39 is 0 Å². The molecule has 5 nitrogen and oxygen atoms in total.